The summed E-state index contributed by atoms with van der Waals surface area (Å²) in [4.78, 5) is 4.22. The molecule has 4 heteroatoms. The van der Waals surface area contributed by atoms with Gasteiger partial charge in [0, 0.05) is 25.6 Å². The number of rotatable bonds is 5. The van der Waals surface area contributed by atoms with Crippen LogP contribution in [0.1, 0.15) is 32.3 Å². The summed E-state index contributed by atoms with van der Waals surface area (Å²) >= 11 is 0. The molecule has 0 spiro atoms. The largest absolute Gasteiger partial charge is 0.356 e. The first-order valence-electron chi connectivity index (χ1n) is 7.26. The van der Waals surface area contributed by atoms with Gasteiger partial charge in [-0.25, -0.2) is 4.39 Å². The molecule has 0 atom stereocenters. The van der Waals surface area contributed by atoms with E-state index < -0.39 is 0 Å². The Hall–Kier alpha value is -1.58. The van der Waals surface area contributed by atoms with Crippen molar-refractivity contribution >= 4 is 5.96 Å². The van der Waals surface area contributed by atoms with Gasteiger partial charge in [0.15, 0.2) is 5.96 Å². The van der Waals surface area contributed by atoms with Crippen molar-refractivity contribution in [1.29, 1.82) is 0 Å². The third-order valence-corrected chi connectivity index (χ3v) is 3.79. The number of guanidine groups is 1. The summed E-state index contributed by atoms with van der Waals surface area (Å²) in [6.45, 7) is 6.02. The molecular weight excluding hydrogens is 253 g/mol. The SMILES string of the molecule is CN=C(NCC(C)C)NCC1(c2cccc(F)c2)CC1. The predicted octanol–water partition coefficient (Wildman–Crippen LogP) is 2.68. The first-order valence-corrected chi connectivity index (χ1v) is 7.26. The highest BCUT2D eigenvalue weighted by atomic mass is 19.1. The van der Waals surface area contributed by atoms with Crippen molar-refractivity contribution in [2.45, 2.75) is 32.1 Å². The maximum atomic E-state index is 13.3. The van der Waals surface area contributed by atoms with Crippen LogP contribution in [0.3, 0.4) is 0 Å². The Bertz CT molecular complexity index is 478. The van der Waals surface area contributed by atoms with Crippen LogP contribution >= 0.6 is 0 Å². The van der Waals surface area contributed by atoms with Crippen molar-refractivity contribution in [3.8, 4) is 0 Å². The van der Waals surface area contributed by atoms with Crippen LogP contribution in [0.25, 0.3) is 0 Å². The molecule has 0 heterocycles. The number of nitrogens with zero attached hydrogens (tertiary/aromatic N) is 1. The van der Waals surface area contributed by atoms with Gasteiger partial charge in [0.25, 0.3) is 0 Å². The molecule has 0 amide bonds. The summed E-state index contributed by atoms with van der Waals surface area (Å²) < 4.78 is 13.3. The van der Waals surface area contributed by atoms with Gasteiger partial charge in [-0.3, -0.25) is 4.99 Å². The van der Waals surface area contributed by atoms with E-state index in [2.05, 4.69) is 29.5 Å². The molecule has 1 saturated carbocycles. The topological polar surface area (TPSA) is 36.4 Å². The van der Waals surface area contributed by atoms with Crippen LogP contribution in [0.5, 0.6) is 0 Å². The zero-order chi connectivity index (χ0) is 14.6. The molecular formula is C16H24FN3. The monoisotopic (exact) mass is 277 g/mol. The lowest BCUT2D eigenvalue weighted by Crippen LogP contribution is -2.42. The lowest BCUT2D eigenvalue weighted by atomic mass is 9.96. The molecule has 1 aromatic rings. The fourth-order valence-electron chi connectivity index (χ4n) is 2.31. The van der Waals surface area contributed by atoms with Gasteiger partial charge in [0.05, 0.1) is 0 Å². The summed E-state index contributed by atoms with van der Waals surface area (Å²) in [6.07, 6.45) is 2.20. The second-order valence-corrected chi connectivity index (χ2v) is 5.99. The Morgan fingerprint density at radius 2 is 2.10 bits per heavy atom. The number of aliphatic imine (C=N–C) groups is 1. The summed E-state index contributed by atoms with van der Waals surface area (Å²) in [5.74, 6) is 1.24. The van der Waals surface area contributed by atoms with E-state index in [4.69, 9.17) is 0 Å². The minimum Gasteiger partial charge on any atom is -0.356 e. The van der Waals surface area contributed by atoms with Gasteiger partial charge >= 0.3 is 0 Å². The van der Waals surface area contributed by atoms with Crippen molar-refractivity contribution < 1.29 is 4.39 Å². The van der Waals surface area contributed by atoms with Gasteiger partial charge in [-0.2, -0.15) is 0 Å². The van der Waals surface area contributed by atoms with Crippen LogP contribution in [-0.4, -0.2) is 26.1 Å². The van der Waals surface area contributed by atoms with Crippen LogP contribution in [0.4, 0.5) is 4.39 Å². The van der Waals surface area contributed by atoms with E-state index in [0.29, 0.717) is 5.92 Å². The minimum absolute atomic E-state index is 0.0809. The van der Waals surface area contributed by atoms with Crippen LogP contribution in [-0.2, 0) is 5.41 Å². The van der Waals surface area contributed by atoms with Crippen molar-refractivity contribution in [1.82, 2.24) is 10.6 Å². The fraction of sp³-hybridized carbons (Fsp3) is 0.562. The third-order valence-electron chi connectivity index (χ3n) is 3.79. The van der Waals surface area contributed by atoms with Crippen LogP contribution in [0, 0.1) is 11.7 Å². The van der Waals surface area contributed by atoms with Gasteiger partial charge in [-0.05, 0) is 36.5 Å². The Morgan fingerprint density at radius 1 is 1.35 bits per heavy atom. The van der Waals surface area contributed by atoms with E-state index in [9.17, 15) is 4.39 Å². The maximum absolute atomic E-state index is 13.3. The molecule has 110 valence electrons. The van der Waals surface area contributed by atoms with E-state index in [-0.39, 0.29) is 11.2 Å². The van der Waals surface area contributed by atoms with E-state index in [1.54, 1.807) is 19.2 Å². The highest BCUT2D eigenvalue weighted by Gasteiger charge is 2.44. The molecule has 2 N–H and O–H groups in total. The molecule has 1 aromatic carbocycles. The maximum Gasteiger partial charge on any atom is 0.191 e. The zero-order valence-corrected chi connectivity index (χ0v) is 12.5. The lowest BCUT2D eigenvalue weighted by molar-refractivity contribution is 0.593. The Balaban J connectivity index is 1.93. The Morgan fingerprint density at radius 3 is 2.65 bits per heavy atom. The number of benzene rings is 1. The highest BCUT2D eigenvalue weighted by Crippen LogP contribution is 2.47. The first kappa shape index (κ1) is 14.8. The number of nitrogens with one attached hydrogen (secondary N) is 2. The molecule has 2 rings (SSSR count). The quantitative estimate of drug-likeness (QED) is 0.641. The van der Waals surface area contributed by atoms with Gasteiger partial charge in [0.1, 0.15) is 5.82 Å². The Labute approximate surface area is 120 Å². The molecule has 1 aliphatic rings. The van der Waals surface area contributed by atoms with Crippen LogP contribution in [0.15, 0.2) is 29.3 Å². The van der Waals surface area contributed by atoms with E-state index >= 15 is 0 Å². The third kappa shape index (κ3) is 3.71. The van der Waals surface area contributed by atoms with Gasteiger partial charge in [-0.1, -0.05) is 26.0 Å². The Kier molecular flexibility index (Phi) is 4.63. The molecule has 0 aliphatic heterocycles. The number of halogens is 1. The first-order chi connectivity index (χ1) is 9.55. The number of hydrogen-bond donors (Lipinski definition) is 2. The van der Waals surface area contributed by atoms with Crippen LogP contribution in [0.2, 0.25) is 0 Å². The molecule has 20 heavy (non-hydrogen) atoms. The summed E-state index contributed by atoms with van der Waals surface area (Å²) in [5.41, 5.74) is 1.17. The van der Waals surface area contributed by atoms with Gasteiger partial charge in [-0.15, -0.1) is 0 Å². The summed E-state index contributed by atoms with van der Waals surface area (Å²) in [7, 11) is 1.78. The van der Waals surface area contributed by atoms with E-state index in [1.807, 2.05) is 6.07 Å². The molecule has 0 bridgehead atoms. The molecule has 3 nitrogen and oxygen atoms in total. The molecule has 0 saturated heterocycles. The summed E-state index contributed by atoms with van der Waals surface area (Å²) in [5, 5.41) is 6.66. The average molecular weight is 277 g/mol. The van der Waals surface area contributed by atoms with E-state index in [0.717, 1.165) is 37.5 Å². The van der Waals surface area contributed by atoms with E-state index in [1.165, 1.54) is 6.07 Å². The molecule has 1 aliphatic carbocycles. The predicted molar refractivity (Wildman–Crippen MR) is 81.5 cm³/mol. The number of hydrogen-bond acceptors (Lipinski definition) is 1. The van der Waals surface area contributed by atoms with Crippen molar-refractivity contribution in [2.24, 2.45) is 10.9 Å². The highest BCUT2D eigenvalue weighted by molar-refractivity contribution is 5.79. The van der Waals surface area contributed by atoms with Crippen LogP contribution < -0.4 is 10.6 Å². The second-order valence-electron chi connectivity index (χ2n) is 5.99. The smallest absolute Gasteiger partial charge is 0.191 e. The second kappa shape index (κ2) is 6.25. The van der Waals surface area contributed by atoms with Gasteiger partial charge in [0.2, 0.25) is 0 Å². The minimum atomic E-state index is -0.156. The normalized spacial score (nSPS) is 17.1. The van der Waals surface area contributed by atoms with Crippen molar-refractivity contribution in [3.63, 3.8) is 0 Å². The zero-order valence-electron chi connectivity index (χ0n) is 12.5. The average Bonchev–Trinajstić information content (AvgIpc) is 3.20. The fourth-order valence-corrected chi connectivity index (χ4v) is 2.31. The summed E-state index contributed by atoms with van der Waals surface area (Å²) in [6, 6.07) is 6.95. The molecule has 0 radical (unpaired) electrons. The molecule has 0 aromatic heterocycles. The van der Waals surface area contributed by atoms with Crippen molar-refractivity contribution in [3.05, 3.63) is 35.6 Å². The van der Waals surface area contributed by atoms with Crippen molar-refractivity contribution in [2.75, 3.05) is 20.1 Å². The molecule has 1 fully saturated rings. The van der Waals surface area contributed by atoms with Gasteiger partial charge < -0.3 is 10.6 Å². The standard InChI is InChI=1S/C16H24FN3/c1-12(2)10-19-15(18-3)20-11-16(7-8-16)13-5-4-6-14(17)9-13/h4-6,9,12H,7-8,10-11H2,1-3H3,(H2,18,19,20). The lowest BCUT2D eigenvalue weighted by Gasteiger charge is -2.19. The molecule has 0 unspecified atom stereocenters.